The fourth-order valence-corrected chi connectivity index (χ4v) is 3.54. The number of aromatic amines is 1. The summed E-state index contributed by atoms with van der Waals surface area (Å²) in [5, 5.41) is 10.4. The Morgan fingerprint density at radius 3 is 2.96 bits per heavy atom. The third-order valence-corrected chi connectivity index (χ3v) is 4.78. The number of hydrogen-bond donors (Lipinski definition) is 2. The fourth-order valence-electron chi connectivity index (χ4n) is 1.95. The maximum Gasteiger partial charge on any atom is 0.293 e. The van der Waals surface area contributed by atoms with Crippen LogP contribution in [0.4, 0.5) is 4.79 Å². The number of carbonyl (C=O) groups excluding carboxylic acids is 3. The number of carbonyl (C=O) groups is 3. The Hall–Kier alpha value is -2.39. The van der Waals surface area contributed by atoms with Crippen LogP contribution in [0.5, 0.6) is 0 Å². The summed E-state index contributed by atoms with van der Waals surface area (Å²) in [5.41, 5.74) is 0.330. The van der Waals surface area contributed by atoms with Gasteiger partial charge >= 0.3 is 0 Å². The first-order chi connectivity index (χ1) is 11.1. The van der Waals surface area contributed by atoms with Gasteiger partial charge in [0, 0.05) is 24.2 Å². The molecule has 0 aromatic carbocycles. The van der Waals surface area contributed by atoms with Crippen molar-refractivity contribution >= 4 is 46.2 Å². The molecule has 0 bridgehead atoms. The number of amides is 3. The second kappa shape index (κ2) is 6.80. The van der Waals surface area contributed by atoms with Crippen molar-refractivity contribution in [3.8, 4) is 0 Å². The van der Waals surface area contributed by atoms with E-state index in [1.165, 1.54) is 17.5 Å². The molecule has 0 aliphatic carbocycles. The van der Waals surface area contributed by atoms with Crippen molar-refractivity contribution in [3.63, 3.8) is 0 Å². The van der Waals surface area contributed by atoms with Gasteiger partial charge in [-0.05, 0) is 35.4 Å². The van der Waals surface area contributed by atoms with Gasteiger partial charge in [0.15, 0.2) is 0 Å². The maximum absolute atomic E-state index is 12.2. The Labute approximate surface area is 139 Å². The third kappa shape index (κ3) is 3.51. The van der Waals surface area contributed by atoms with Crippen LogP contribution in [-0.2, 0) is 4.79 Å². The lowest BCUT2D eigenvalue weighted by molar-refractivity contribution is -0.122. The fraction of sp³-hybridized carbons (Fsp3) is 0.143. The molecule has 2 N–H and O–H groups in total. The van der Waals surface area contributed by atoms with Gasteiger partial charge in [0.05, 0.1) is 4.91 Å². The molecule has 0 spiro atoms. The van der Waals surface area contributed by atoms with Crippen LogP contribution in [0.15, 0.2) is 34.7 Å². The normalized spacial score (nSPS) is 16.3. The van der Waals surface area contributed by atoms with E-state index in [1.54, 1.807) is 12.1 Å². The van der Waals surface area contributed by atoms with Crippen LogP contribution in [0.1, 0.15) is 15.4 Å². The Morgan fingerprint density at radius 2 is 2.26 bits per heavy atom. The zero-order valence-electron chi connectivity index (χ0n) is 11.8. The van der Waals surface area contributed by atoms with E-state index < -0.39 is 0 Å². The van der Waals surface area contributed by atoms with Crippen LogP contribution in [0.25, 0.3) is 6.08 Å². The largest absolute Gasteiger partial charge is 0.349 e. The smallest absolute Gasteiger partial charge is 0.293 e. The Morgan fingerprint density at radius 1 is 1.39 bits per heavy atom. The molecule has 1 saturated heterocycles. The summed E-state index contributed by atoms with van der Waals surface area (Å²) in [4.78, 5) is 38.4. The standard InChI is InChI=1S/C14H12N4O3S2/c19-12(10-3-4-16-17-10)15-5-6-18-13(20)11(23-14(18)21)8-9-2-1-7-22-9/h1-4,7-8H,5-6H2,(H,15,19)(H,16,17). The van der Waals surface area contributed by atoms with Gasteiger partial charge in [0.2, 0.25) is 0 Å². The van der Waals surface area contributed by atoms with Crippen molar-refractivity contribution in [2.75, 3.05) is 13.1 Å². The van der Waals surface area contributed by atoms with Gasteiger partial charge in [-0.15, -0.1) is 11.3 Å². The molecular weight excluding hydrogens is 336 g/mol. The second-order valence-corrected chi connectivity index (χ2v) is 6.55. The summed E-state index contributed by atoms with van der Waals surface area (Å²) in [6.07, 6.45) is 3.18. The van der Waals surface area contributed by atoms with Crippen molar-refractivity contribution in [1.82, 2.24) is 20.4 Å². The van der Waals surface area contributed by atoms with E-state index in [1.807, 2.05) is 17.5 Å². The quantitative estimate of drug-likeness (QED) is 0.805. The van der Waals surface area contributed by atoms with Crippen molar-refractivity contribution in [3.05, 3.63) is 45.3 Å². The monoisotopic (exact) mass is 348 g/mol. The molecule has 3 rings (SSSR count). The highest BCUT2D eigenvalue weighted by atomic mass is 32.2. The van der Waals surface area contributed by atoms with E-state index in [9.17, 15) is 14.4 Å². The van der Waals surface area contributed by atoms with Gasteiger partial charge in [0.25, 0.3) is 17.1 Å². The molecule has 1 aliphatic heterocycles. The van der Waals surface area contributed by atoms with Crippen molar-refractivity contribution in [1.29, 1.82) is 0 Å². The molecule has 7 nitrogen and oxygen atoms in total. The number of thiophene rings is 1. The molecule has 3 heterocycles. The zero-order valence-corrected chi connectivity index (χ0v) is 13.4. The molecule has 3 amide bonds. The highest BCUT2D eigenvalue weighted by Gasteiger charge is 2.34. The molecular formula is C14H12N4O3S2. The number of nitrogens with one attached hydrogen (secondary N) is 2. The predicted octanol–water partition coefficient (Wildman–Crippen LogP) is 1.94. The lowest BCUT2D eigenvalue weighted by atomic mass is 10.3. The molecule has 0 unspecified atom stereocenters. The number of H-pyrrole nitrogens is 1. The van der Waals surface area contributed by atoms with Gasteiger partial charge in [-0.1, -0.05) is 6.07 Å². The van der Waals surface area contributed by atoms with E-state index in [2.05, 4.69) is 15.5 Å². The average molecular weight is 348 g/mol. The highest BCUT2D eigenvalue weighted by Crippen LogP contribution is 2.32. The molecule has 23 heavy (non-hydrogen) atoms. The number of aromatic nitrogens is 2. The second-order valence-electron chi connectivity index (χ2n) is 4.57. The summed E-state index contributed by atoms with van der Waals surface area (Å²) in [7, 11) is 0. The molecule has 118 valence electrons. The van der Waals surface area contributed by atoms with E-state index in [4.69, 9.17) is 0 Å². The van der Waals surface area contributed by atoms with Crippen molar-refractivity contribution in [2.24, 2.45) is 0 Å². The Bertz CT molecular complexity index is 753. The van der Waals surface area contributed by atoms with Crippen LogP contribution in [0.3, 0.4) is 0 Å². The molecule has 0 atom stereocenters. The predicted molar refractivity (Wildman–Crippen MR) is 87.9 cm³/mol. The lowest BCUT2D eigenvalue weighted by Crippen LogP contribution is -2.37. The maximum atomic E-state index is 12.2. The van der Waals surface area contributed by atoms with E-state index >= 15 is 0 Å². The van der Waals surface area contributed by atoms with Gasteiger partial charge in [-0.25, -0.2) is 0 Å². The molecule has 0 saturated carbocycles. The Balaban J connectivity index is 1.57. The summed E-state index contributed by atoms with van der Waals surface area (Å²) >= 11 is 2.41. The first-order valence-corrected chi connectivity index (χ1v) is 8.41. The minimum atomic E-state index is -0.330. The molecule has 2 aromatic rings. The van der Waals surface area contributed by atoms with Gasteiger partial charge in [-0.2, -0.15) is 5.10 Å². The SMILES string of the molecule is O=C(NCCN1C(=O)SC(=Cc2cccs2)C1=O)c1ccn[nH]1. The lowest BCUT2D eigenvalue weighted by Gasteiger charge is -2.12. The van der Waals surface area contributed by atoms with Crippen LogP contribution in [0.2, 0.25) is 0 Å². The van der Waals surface area contributed by atoms with Crippen molar-refractivity contribution < 1.29 is 14.4 Å². The number of thioether (sulfide) groups is 1. The minimum absolute atomic E-state index is 0.131. The topological polar surface area (TPSA) is 95.2 Å². The summed E-state index contributed by atoms with van der Waals surface area (Å²) in [5.74, 6) is -0.659. The van der Waals surface area contributed by atoms with Gasteiger partial charge in [-0.3, -0.25) is 24.4 Å². The average Bonchev–Trinajstić information content (AvgIpc) is 3.26. The Kier molecular flexibility index (Phi) is 4.58. The summed E-state index contributed by atoms with van der Waals surface area (Å²) < 4.78 is 0. The van der Waals surface area contributed by atoms with Crippen LogP contribution < -0.4 is 5.32 Å². The van der Waals surface area contributed by atoms with Gasteiger partial charge in [0.1, 0.15) is 5.69 Å². The summed E-state index contributed by atoms with van der Waals surface area (Å²) in [6.45, 7) is 0.314. The van der Waals surface area contributed by atoms with E-state index in [-0.39, 0.29) is 30.1 Å². The highest BCUT2D eigenvalue weighted by molar-refractivity contribution is 8.18. The molecule has 1 fully saturated rings. The number of hydrogen-bond acceptors (Lipinski definition) is 6. The molecule has 1 aliphatic rings. The summed E-state index contributed by atoms with van der Waals surface area (Å²) in [6, 6.07) is 5.30. The van der Waals surface area contributed by atoms with E-state index in [0.717, 1.165) is 21.5 Å². The number of imide groups is 1. The third-order valence-electron chi connectivity index (χ3n) is 3.06. The molecule has 9 heteroatoms. The van der Waals surface area contributed by atoms with Crippen LogP contribution in [-0.4, -0.2) is 45.2 Å². The minimum Gasteiger partial charge on any atom is -0.349 e. The first kappa shape index (κ1) is 15.5. The van der Waals surface area contributed by atoms with E-state index in [0.29, 0.717) is 10.6 Å². The van der Waals surface area contributed by atoms with Gasteiger partial charge < -0.3 is 5.32 Å². The molecule has 0 radical (unpaired) electrons. The first-order valence-electron chi connectivity index (χ1n) is 6.71. The van der Waals surface area contributed by atoms with Crippen molar-refractivity contribution in [2.45, 2.75) is 0 Å². The van der Waals surface area contributed by atoms with Crippen LogP contribution in [0, 0.1) is 0 Å². The van der Waals surface area contributed by atoms with Crippen LogP contribution >= 0.6 is 23.1 Å². The molecule has 2 aromatic heterocycles. The zero-order chi connectivity index (χ0) is 16.2. The number of rotatable bonds is 5. The number of nitrogens with zero attached hydrogens (tertiary/aromatic N) is 2.